The van der Waals surface area contributed by atoms with Gasteiger partial charge in [-0.25, -0.2) is 19.7 Å². The van der Waals surface area contributed by atoms with Gasteiger partial charge in [0.25, 0.3) is 0 Å². The van der Waals surface area contributed by atoms with Crippen LogP contribution in [0.1, 0.15) is 77.4 Å². The van der Waals surface area contributed by atoms with Crippen LogP contribution in [-0.4, -0.2) is 69.0 Å². The first kappa shape index (κ1) is 28.2. The molecule has 13 nitrogen and oxygen atoms in total. The molecule has 36 heavy (non-hydrogen) atoms. The lowest BCUT2D eigenvalue weighted by Crippen LogP contribution is -2.37. The molecular weight excluding hydrogens is 492 g/mol. The van der Waals surface area contributed by atoms with E-state index in [0.717, 1.165) is 19.3 Å². The van der Waals surface area contributed by atoms with E-state index in [1.807, 2.05) is 4.72 Å². The topological polar surface area (TPSA) is 192 Å². The zero-order chi connectivity index (χ0) is 26.1. The summed E-state index contributed by atoms with van der Waals surface area (Å²) >= 11 is 0. The molecule has 202 valence electrons. The Hall–Kier alpha value is -2.39. The lowest BCUT2D eigenvalue weighted by molar-refractivity contribution is -0.119. The van der Waals surface area contributed by atoms with Crippen molar-refractivity contribution in [1.29, 1.82) is 0 Å². The predicted molar refractivity (Wildman–Crippen MR) is 131 cm³/mol. The fourth-order valence-electron chi connectivity index (χ4n) is 4.13. The number of anilines is 1. The number of carbonyl (C=O) groups excluding carboxylic acids is 1. The summed E-state index contributed by atoms with van der Waals surface area (Å²) in [5.41, 5.74) is 6.33. The fourth-order valence-corrected chi connectivity index (χ4v) is 4.88. The van der Waals surface area contributed by atoms with Crippen molar-refractivity contribution in [3.05, 3.63) is 12.7 Å². The van der Waals surface area contributed by atoms with Crippen molar-refractivity contribution in [2.24, 2.45) is 0 Å². The Morgan fingerprint density at radius 3 is 2.44 bits per heavy atom. The van der Waals surface area contributed by atoms with E-state index in [4.69, 9.17) is 14.7 Å². The lowest BCUT2D eigenvalue weighted by atomic mass is 10.1. The third-order valence-corrected chi connectivity index (χ3v) is 7.06. The molecule has 14 heteroatoms. The summed E-state index contributed by atoms with van der Waals surface area (Å²) in [4.78, 5) is 24.0. The predicted octanol–water partition coefficient (Wildman–Crippen LogP) is 1.33. The normalized spacial score (nSPS) is 22.3. The maximum absolute atomic E-state index is 12.2. The minimum atomic E-state index is -4.41. The van der Waals surface area contributed by atoms with Crippen LogP contribution >= 0.6 is 0 Å². The summed E-state index contributed by atoms with van der Waals surface area (Å²) in [5.74, 6) is -0.526. The number of ether oxygens (including phenoxy) is 1. The molecule has 1 fully saturated rings. The number of rotatable bonds is 15. The molecule has 2 aromatic rings. The van der Waals surface area contributed by atoms with Gasteiger partial charge in [0.15, 0.2) is 17.7 Å². The van der Waals surface area contributed by atoms with Crippen LogP contribution < -0.4 is 10.5 Å². The highest BCUT2D eigenvalue weighted by Gasteiger charge is 2.45. The van der Waals surface area contributed by atoms with Crippen LogP contribution in [0.4, 0.5) is 5.82 Å². The summed E-state index contributed by atoms with van der Waals surface area (Å²) < 4.78 is 38.0. The van der Waals surface area contributed by atoms with E-state index in [9.17, 15) is 23.4 Å². The minimum absolute atomic E-state index is 0.0699. The lowest BCUT2D eigenvalue weighted by Gasteiger charge is -2.16. The van der Waals surface area contributed by atoms with Gasteiger partial charge in [-0.2, -0.15) is 8.42 Å². The maximum atomic E-state index is 12.2. The Bertz CT molecular complexity index is 1100. The Labute approximate surface area is 210 Å². The second kappa shape index (κ2) is 13.2. The summed E-state index contributed by atoms with van der Waals surface area (Å²) in [5, 5.41) is 20.8. The van der Waals surface area contributed by atoms with E-state index in [2.05, 4.69) is 21.9 Å². The average molecular weight is 529 g/mol. The van der Waals surface area contributed by atoms with E-state index in [1.54, 1.807) is 0 Å². The number of nitrogens with one attached hydrogen (secondary N) is 1. The van der Waals surface area contributed by atoms with Crippen LogP contribution in [0.2, 0.25) is 0 Å². The second-order valence-electron chi connectivity index (χ2n) is 8.97. The van der Waals surface area contributed by atoms with Crippen LogP contribution in [0.25, 0.3) is 11.2 Å². The largest absolute Gasteiger partial charge is 0.387 e. The highest BCUT2D eigenvalue weighted by molar-refractivity contribution is 7.85. The van der Waals surface area contributed by atoms with E-state index >= 15 is 0 Å². The molecule has 0 bridgehead atoms. The number of nitrogens with two attached hydrogens (primary N) is 1. The zero-order valence-electron chi connectivity index (χ0n) is 20.5. The molecule has 2 aromatic heterocycles. The van der Waals surface area contributed by atoms with Gasteiger partial charge in [0.05, 0.1) is 12.9 Å². The van der Waals surface area contributed by atoms with Gasteiger partial charge < -0.3 is 20.7 Å². The van der Waals surface area contributed by atoms with Crippen molar-refractivity contribution in [2.45, 2.75) is 95.7 Å². The number of hydrogen-bond acceptors (Lipinski definition) is 11. The van der Waals surface area contributed by atoms with E-state index in [-0.39, 0.29) is 17.9 Å². The van der Waals surface area contributed by atoms with Gasteiger partial charge in [-0.15, -0.1) is 0 Å². The number of amides is 1. The zero-order valence-corrected chi connectivity index (χ0v) is 21.3. The van der Waals surface area contributed by atoms with Crippen molar-refractivity contribution in [3.63, 3.8) is 0 Å². The molecule has 1 amide bonds. The van der Waals surface area contributed by atoms with Gasteiger partial charge in [0.1, 0.15) is 30.2 Å². The highest BCUT2D eigenvalue weighted by atomic mass is 32.2. The van der Waals surface area contributed by atoms with Gasteiger partial charge in [0, 0.05) is 6.42 Å². The van der Waals surface area contributed by atoms with Crippen LogP contribution in [-0.2, 0) is 24.0 Å². The van der Waals surface area contributed by atoms with Crippen LogP contribution in [0.15, 0.2) is 12.7 Å². The van der Waals surface area contributed by atoms with Crippen LogP contribution in [0.3, 0.4) is 0 Å². The first-order valence-corrected chi connectivity index (χ1v) is 13.8. The number of aliphatic hydroxyl groups excluding tert-OH is 2. The number of nitrogen functional groups attached to an aromatic ring is 1. The smallest absolute Gasteiger partial charge is 0.362 e. The van der Waals surface area contributed by atoms with Gasteiger partial charge in [-0.05, 0) is 6.42 Å². The molecule has 0 aromatic carbocycles. The van der Waals surface area contributed by atoms with Gasteiger partial charge in [-0.1, -0.05) is 58.3 Å². The van der Waals surface area contributed by atoms with E-state index in [1.165, 1.54) is 49.3 Å². The van der Waals surface area contributed by atoms with Crippen LogP contribution in [0.5, 0.6) is 0 Å². The molecule has 1 saturated heterocycles. The number of fused-ring (bicyclic) bond motifs is 1. The number of carbonyl (C=O) groups is 1. The Morgan fingerprint density at radius 2 is 1.75 bits per heavy atom. The van der Waals surface area contributed by atoms with Crippen molar-refractivity contribution in [2.75, 3.05) is 12.3 Å². The third-order valence-electron chi connectivity index (χ3n) is 6.13. The number of aliphatic hydroxyl groups is 2. The summed E-state index contributed by atoms with van der Waals surface area (Å²) in [7, 11) is -4.41. The van der Waals surface area contributed by atoms with Crippen molar-refractivity contribution < 1.29 is 32.3 Å². The van der Waals surface area contributed by atoms with Crippen molar-refractivity contribution in [1.82, 2.24) is 24.2 Å². The monoisotopic (exact) mass is 528 g/mol. The number of nitrogens with zero attached hydrogens (tertiary/aromatic N) is 4. The minimum Gasteiger partial charge on any atom is -0.387 e. The molecule has 1 aliphatic rings. The number of unbranched alkanes of at least 4 members (excludes halogenated alkanes) is 8. The summed E-state index contributed by atoms with van der Waals surface area (Å²) in [6, 6.07) is 0. The Morgan fingerprint density at radius 1 is 1.08 bits per heavy atom. The third kappa shape index (κ3) is 7.56. The van der Waals surface area contributed by atoms with Crippen LogP contribution in [0, 0.1) is 0 Å². The summed E-state index contributed by atoms with van der Waals surface area (Å²) in [6.45, 7) is 1.57. The van der Waals surface area contributed by atoms with E-state index in [0.29, 0.717) is 11.9 Å². The molecule has 0 saturated carbocycles. The quantitative estimate of drug-likeness (QED) is 0.244. The molecule has 3 heterocycles. The second-order valence-corrected chi connectivity index (χ2v) is 10.3. The van der Waals surface area contributed by atoms with Gasteiger partial charge in [-0.3, -0.25) is 13.5 Å². The van der Waals surface area contributed by atoms with Gasteiger partial charge in [0.2, 0.25) is 5.91 Å². The Balaban J connectivity index is 1.41. The Kier molecular flexibility index (Phi) is 10.4. The van der Waals surface area contributed by atoms with Crippen molar-refractivity contribution >= 4 is 33.2 Å². The number of imidazole rings is 1. The molecular formula is C22H36N6O7S. The molecule has 1 aliphatic heterocycles. The first-order chi connectivity index (χ1) is 17.2. The molecule has 3 rings (SSSR count). The summed E-state index contributed by atoms with van der Waals surface area (Å²) in [6.07, 6.45) is 7.12. The average Bonchev–Trinajstić information content (AvgIpc) is 3.38. The fraction of sp³-hybridized carbons (Fsp3) is 0.727. The first-order valence-electron chi connectivity index (χ1n) is 12.4. The molecule has 0 aliphatic carbocycles. The number of hydrogen-bond donors (Lipinski definition) is 4. The standard InChI is InChI=1S/C22H36N6O7S/c1-2-3-4-5-6-7-8-9-10-11-16(29)27-36(32,33)34-12-15-18(30)19(31)22(35-15)28-14-26-17-20(23)24-13-25-21(17)28/h13-15,18-19,22,30-31H,2-12H2,1H3,(H,27,29)(H2,23,24,25)/t15-,18-,19-,22-/m1/s1. The molecule has 4 atom stereocenters. The highest BCUT2D eigenvalue weighted by Crippen LogP contribution is 2.32. The molecule has 5 N–H and O–H groups in total. The van der Waals surface area contributed by atoms with Crippen molar-refractivity contribution in [3.8, 4) is 0 Å². The SMILES string of the molecule is CCCCCCCCCCCC(=O)NS(=O)(=O)OC[C@H]1O[C@@H](n2cnc3c(N)ncnc32)[C@H](O)[C@@H]1O. The van der Waals surface area contributed by atoms with Gasteiger partial charge >= 0.3 is 10.3 Å². The molecule has 0 unspecified atom stereocenters. The number of aromatic nitrogens is 4. The molecule has 0 radical (unpaired) electrons. The maximum Gasteiger partial charge on any atom is 0.362 e. The molecule has 0 spiro atoms. The van der Waals surface area contributed by atoms with E-state index < -0.39 is 47.4 Å².